The summed E-state index contributed by atoms with van der Waals surface area (Å²) in [5.41, 5.74) is 2.48. The van der Waals surface area contributed by atoms with E-state index in [4.69, 9.17) is 9.72 Å². The van der Waals surface area contributed by atoms with E-state index in [1.54, 1.807) is 11.3 Å². The van der Waals surface area contributed by atoms with Gasteiger partial charge in [-0.3, -0.25) is 14.3 Å². The summed E-state index contributed by atoms with van der Waals surface area (Å²) in [5.74, 6) is 1.78. The lowest BCUT2D eigenvalue weighted by Crippen LogP contribution is -2.30. The Balaban J connectivity index is 1.52. The van der Waals surface area contributed by atoms with Gasteiger partial charge >= 0.3 is 0 Å². The lowest BCUT2D eigenvalue weighted by molar-refractivity contribution is 0.290. The van der Waals surface area contributed by atoms with Crippen LogP contribution in [-0.4, -0.2) is 34.1 Å². The molecule has 4 rings (SSSR count). The molecule has 0 spiro atoms. The number of thiophene rings is 1. The number of hydrogen-bond donors (Lipinski definition) is 0. The molecule has 0 aliphatic carbocycles. The fourth-order valence-corrected chi connectivity index (χ4v) is 5.13. The van der Waals surface area contributed by atoms with Crippen LogP contribution in [-0.2, 0) is 19.5 Å². The van der Waals surface area contributed by atoms with Crippen molar-refractivity contribution < 1.29 is 4.74 Å². The van der Waals surface area contributed by atoms with E-state index < -0.39 is 0 Å². The first-order chi connectivity index (χ1) is 14.6. The summed E-state index contributed by atoms with van der Waals surface area (Å²) in [7, 11) is 0. The number of hydrogen-bond acceptors (Lipinski definition) is 5. The van der Waals surface area contributed by atoms with Crippen molar-refractivity contribution in [2.24, 2.45) is 0 Å². The molecule has 6 heteroatoms. The number of aromatic nitrogens is 2. The zero-order chi connectivity index (χ0) is 21.1. The normalized spacial score (nSPS) is 14.6. The van der Waals surface area contributed by atoms with Crippen LogP contribution in [0.2, 0.25) is 0 Å². The van der Waals surface area contributed by atoms with Crippen molar-refractivity contribution in [2.45, 2.75) is 59.5 Å². The van der Waals surface area contributed by atoms with Crippen LogP contribution in [0, 0.1) is 13.8 Å². The van der Waals surface area contributed by atoms with Gasteiger partial charge in [0.05, 0.1) is 18.5 Å². The van der Waals surface area contributed by atoms with Gasteiger partial charge in [-0.05, 0) is 75.9 Å². The van der Waals surface area contributed by atoms with E-state index in [1.165, 1.54) is 23.3 Å². The molecule has 1 saturated heterocycles. The zero-order valence-electron chi connectivity index (χ0n) is 18.2. The number of benzene rings is 1. The molecule has 1 aliphatic rings. The van der Waals surface area contributed by atoms with E-state index in [-0.39, 0.29) is 5.56 Å². The number of rotatable bonds is 8. The van der Waals surface area contributed by atoms with Crippen LogP contribution in [0.1, 0.15) is 48.0 Å². The molecule has 160 valence electrons. The number of aryl methyl sites for hydroxylation is 3. The Labute approximate surface area is 182 Å². The fraction of sp³-hybridized carbons (Fsp3) is 0.500. The Kier molecular flexibility index (Phi) is 6.54. The molecular formula is C24H31N3O2S. The third kappa shape index (κ3) is 4.44. The molecule has 0 saturated carbocycles. The minimum Gasteiger partial charge on any atom is -0.494 e. The predicted octanol–water partition coefficient (Wildman–Crippen LogP) is 4.70. The molecule has 0 bridgehead atoms. The lowest BCUT2D eigenvalue weighted by Gasteiger charge is -2.18. The molecule has 0 amide bonds. The Bertz CT molecular complexity index is 1060. The first-order valence-corrected chi connectivity index (χ1v) is 11.8. The lowest BCUT2D eigenvalue weighted by atomic mass is 10.2. The van der Waals surface area contributed by atoms with Gasteiger partial charge in [-0.2, -0.15) is 0 Å². The van der Waals surface area contributed by atoms with Crippen molar-refractivity contribution >= 4 is 21.6 Å². The first-order valence-electron chi connectivity index (χ1n) is 11.0. The van der Waals surface area contributed by atoms with Crippen molar-refractivity contribution in [3.05, 3.63) is 56.4 Å². The molecule has 3 heterocycles. The molecule has 3 aromatic rings. The molecule has 0 N–H and O–H groups in total. The molecule has 0 unspecified atom stereocenters. The topological polar surface area (TPSA) is 47.4 Å². The number of ether oxygens (including phenoxy) is 1. The summed E-state index contributed by atoms with van der Waals surface area (Å²) in [6, 6.07) is 8.25. The second-order valence-electron chi connectivity index (χ2n) is 8.13. The van der Waals surface area contributed by atoms with Gasteiger partial charge in [-0.1, -0.05) is 19.1 Å². The van der Waals surface area contributed by atoms with Gasteiger partial charge in [0, 0.05) is 11.4 Å². The maximum absolute atomic E-state index is 13.4. The van der Waals surface area contributed by atoms with E-state index in [9.17, 15) is 4.79 Å². The van der Waals surface area contributed by atoms with Crippen LogP contribution in [0.15, 0.2) is 29.1 Å². The third-order valence-corrected chi connectivity index (χ3v) is 7.16. The van der Waals surface area contributed by atoms with Gasteiger partial charge in [0.25, 0.3) is 5.56 Å². The predicted molar refractivity (Wildman–Crippen MR) is 124 cm³/mol. The second kappa shape index (κ2) is 9.31. The zero-order valence-corrected chi connectivity index (χ0v) is 19.1. The maximum atomic E-state index is 13.4. The van der Waals surface area contributed by atoms with E-state index >= 15 is 0 Å². The van der Waals surface area contributed by atoms with Crippen LogP contribution >= 0.6 is 11.3 Å². The van der Waals surface area contributed by atoms with Crippen LogP contribution in [0.3, 0.4) is 0 Å². The Hall–Kier alpha value is -2.18. The van der Waals surface area contributed by atoms with E-state index in [0.717, 1.165) is 59.8 Å². The average Bonchev–Trinajstić information content (AvgIpc) is 3.35. The summed E-state index contributed by atoms with van der Waals surface area (Å²) in [6.07, 6.45) is 4.26. The van der Waals surface area contributed by atoms with Crippen LogP contribution in [0.5, 0.6) is 5.75 Å². The molecule has 2 aromatic heterocycles. The average molecular weight is 426 g/mol. The minimum absolute atomic E-state index is 0.100. The van der Waals surface area contributed by atoms with Gasteiger partial charge in [0.15, 0.2) is 0 Å². The highest BCUT2D eigenvalue weighted by molar-refractivity contribution is 7.18. The Morgan fingerprint density at radius 1 is 1.13 bits per heavy atom. The minimum atomic E-state index is 0.100. The van der Waals surface area contributed by atoms with Crippen molar-refractivity contribution in [2.75, 3.05) is 19.7 Å². The monoisotopic (exact) mass is 425 g/mol. The van der Waals surface area contributed by atoms with Gasteiger partial charge in [-0.15, -0.1) is 11.3 Å². The van der Waals surface area contributed by atoms with Gasteiger partial charge in [-0.25, -0.2) is 4.98 Å². The smallest absolute Gasteiger partial charge is 0.262 e. The molecule has 1 aromatic carbocycles. The molecule has 5 nitrogen and oxygen atoms in total. The standard InChI is InChI=1S/C24H31N3O2S/c1-4-19-8-10-20(11-9-19)29-15-7-14-27-21(16-26-12-5-6-13-26)25-23-22(24(27)28)17(2)18(3)30-23/h8-11H,4-7,12-16H2,1-3H3. The molecule has 1 fully saturated rings. The highest BCUT2D eigenvalue weighted by Crippen LogP contribution is 2.27. The third-order valence-electron chi connectivity index (χ3n) is 6.06. The highest BCUT2D eigenvalue weighted by atomic mass is 32.1. The Morgan fingerprint density at radius 3 is 2.57 bits per heavy atom. The summed E-state index contributed by atoms with van der Waals surface area (Å²) < 4.78 is 7.80. The SMILES string of the molecule is CCc1ccc(OCCCn2c(CN3CCCC3)nc3sc(C)c(C)c3c2=O)cc1. The number of fused-ring (bicyclic) bond motifs is 1. The van der Waals surface area contributed by atoms with Crippen molar-refractivity contribution in [1.82, 2.24) is 14.5 Å². The molecule has 30 heavy (non-hydrogen) atoms. The summed E-state index contributed by atoms with van der Waals surface area (Å²) >= 11 is 1.63. The second-order valence-corrected chi connectivity index (χ2v) is 9.33. The summed E-state index contributed by atoms with van der Waals surface area (Å²) in [5, 5.41) is 0.791. The van der Waals surface area contributed by atoms with Crippen molar-refractivity contribution in [3.63, 3.8) is 0 Å². The van der Waals surface area contributed by atoms with Crippen molar-refractivity contribution in [3.8, 4) is 5.75 Å². The fourth-order valence-electron chi connectivity index (χ4n) is 4.10. The highest BCUT2D eigenvalue weighted by Gasteiger charge is 2.19. The van der Waals surface area contributed by atoms with E-state index in [1.807, 2.05) is 23.6 Å². The van der Waals surface area contributed by atoms with Crippen LogP contribution in [0.25, 0.3) is 10.2 Å². The van der Waals surface area contributed by atoms with Crippen LogP contribution in [0.4, 0.5) is 0 Å². The summed E-state index contributed by atoms with van der Waals surface area (Å²) in [6.45, 7) is 10.4. The molecular weight excluding hydrogens is 394 g/mol. The number of likely N-dealkylation sites (tertiary alicyclic amines) is 1. The van der Waals surface area contributed by atoms with E-state index in [0.29, 0.717) is 13.2 Å². The maximum Gasteiger partial charge on any atom is 0.262 e. The summed E-state index contributed by atoms with van der Waals surface area (Å²) in [4.78, 5) is 22.8. The largest absolute Gasteiger partial charge is 0.494 e. The first kappa shape index (κ1) is 21.1. The molecule has 0 radical (unpaired) electrons. The van der Waals surface area contributed by atoms with Gasteiger partial charge in [0.2, 0.25) is 0 Å². The molecule has 1 aliphatic heterocycles. The molecule has 0 atom stereocenters. The Morgan fingerprint density at radius 2 is 1.87 bits per heavy atom. The van der Waals surface area contributed by atoms with Crippen molar-refractivity contribution in [1.29, 1.82) is 0 Å². The van der Waals surface area contributed by atoms with Crippen LogP contribution < -0.4 is 10.3 Å². The van der Waals surface area contributed by atoms with Gasteiger partial charge < -0.3 is 4.74 Å². The quantitative estimate of drug-likeness (QED) is 0.491. The van der Waals surface area contributed by atoms with Gasteiger partial charge in [0.1, 0.15) is 16.4 Å². The van der Waals surface area contributed by atoms with E-state index in [2.05, 4.69) is 30.9 Å². The number of nitrogens with zero attached hydrogens (tertiary/aromatic N) is 3.